The molecule has 232 valence electrons. The van der Waals surface area contributed by atoms with E-state index >= 15 is 0 Å². The van der Waals surface area contributed by atoms with Crippen LogP contribution in [0.1, 0.15) is 38.0 Å². The monoisotopic (exact) mass is 626 g/mol. The van der Waals surface area contributed by atoms with E-state index in [1.165, 1.54) is 11.8 Å². The van der Waals surface area contributed by atoms with Crippen LogP contribution < -0.4 is 10.6 Å². The molecule has 2 aromatic carbocycles. The number of aromatic nitrogens is 1. The maximum absolute atomic E-state index is 13.1. The highest BCUT2D eigenvalue weighted by Crippen LogP contribution is 2.31. The van der Waals surface area contributed by atoms with Crippen molar-refractivity contribution in [2.45, 2.75) is 45.6 Å². The van der Waals surface area contributed by atoms with E-state index in [0.717, 1.165) is 30.4 Å². The first kappa shape index (κ1) is 30.4. The minimum Gasteiger partial charge on any atom is -0.436 e. The Labute approximate surface area is 265 Å². The first-order chi connectivity index (χ1) is 21.7. The van der Waals surface area contributed by atoms with Gasteiger partial charge in [-0.05, 0) is 73.3 Å². The van der Waals surface area contributed by atoms with Crippen molar-refractivity contribution < 1.29 is 28.1 Å². The van der Waals surface area contributed by atoms with E-state index in [-0.39, 0.29) is 46.6 Å². The molecule has 2 unspecified atom stereocenters. The first-order valence-corrected chi connectivity index (χ1v) is 16.1. The molecule has 2 aliphatic rings. The van der Waals surface area contributed by atoms with Gasteiger partial charge in [0.05, 0.1) is 25.6 Å². The second kappa shape index (κ2) is 12.8. The van der Waals surface area contributed by atoms with Crippen LogP contribution in [0.4, 0.5) is 16.2 Å². The van der Waals surface area contributed by atoms with Crippen molar-refractivity contribution in [2.75, 3.05) is 30.3 Å². The van der Waals surface area contributed by atoms with Gasteiger partial charge >= 0.3 is 11.9 Å². The minimum absolute atomic E-state index is 0.0143. The van der Waals surface area contributed by atoms with Gasteiger partial charge in [-0.2, -0.15) is 4.48 Å². The molecule has 3 atom stereocenters. The van der Waals surface area contributed by atoms with Crippen molar-refractivity contribution in [3.8, 4) is 22.8 Å². The summed E-state index contributed by atoms with van der Waals surface area (Å²) < 4.78 is 5.84. The Morgan fingerprint density at radius 2 is 1.73 bits per heavy atom. The summed E-state index contributed by atoms with van der Waals surface area (Å²) in [6.07, 6.45) is 4.35. The third kappa shape index (κ3) is 6.31. The van der Waals surface area contributed by atoms with E-state index in [4.69, 9.17) is 4.42 Å². The summed E-state index contributed by atoms with van der Waals surface area (Å²) in [6.45, 7) is 5.00. The average Bonchev–Trinajstić information content (AvgIpc) is 3.85. The molecule has 0 bridgehead atoms. The van der Waals surface area contributed by atoms with Crippen LogP contribution >= 0.6 is 11.3 Å². The molecule has 4 aromatic rings. The molecule has 11 heteroatoms. The molecule has 2 aromatic heterocycles. The number of benzene rings is 2. The predicted molar refractivity (Wildman–Crippen MR) is 172 cm³/mol. The highest BCUT2D eigenvalue weighted by molar-refractivity contribution is 7.09. The molecular formula is C34H36N5O5S+. The van der Waals surface area contributed by atoms with Gasteiger partial charge in [0.25, 0.3) is 0 Å². The number of amides is 5. The Bertz CT molecular complexity index is 1700. The van der Waals surface area contributed by atoms with Gasteiger partial charge in [-0.1, -0.05) is 6.07 Å². The van der Waals surface area contributed by atoms with E-state index in [9.17, 15) is 19.2 Å². The van der Waals surface area contributed by atoms with Crippen LogP contribution in [0.15, 0.2) is 76.7 Å². The van der Waals surface area contributed by atoms with Gasteiger partial charge in [-0.3, -0.25) is 14.9 Å². The Balaban J connectivity index is 1.04. The topological polar surface area (TPSA) is 122 Å². The van der Waals surface area contributed by atoms with Crippen LogP contribution in [0.25, 0.3) is 22.8 Å². The van der Waals surface area contributed by atoms with Crippen molar-refractivity contribution in [3.05, 3.63) is 77.1 Å². The van der Waals surface area contributed by atoms with Crippen LogP contribution in [0, 0.1) is 5.92 Å². The normalized spacial score (nSPS) is 21.2. The molecule has 6 rings (SSSR count). The summed E-state index contributed by atoms with van der Waals surface area (Å²) >= 11 is 1.67. The molecule has 2 saturated heterocycles. The quantitative estimate of drug-likeness (QED) is 0.226. The fourth-order valence-electron chi connectivity index (χ4n) is 6.28. The lowest BCUT2D eigenvalue weighted by molar-refractivity contribution is -0.781. The van der Waals surface area contributed by atoms with Crippen LogP contribution in [-0.4, -0.2) is 63.8 Å². The van der Waals surface area contributed by atoms with E-state index in [1.807, 2.05) is 42.6 Å². The fourth-order valence-corrected chi connectivity index (χ4v) is 6.97. The highest BCUT2D eigenvalue weighted by Gasteiger charge is 2.50. The molecule has 5 amide bonds. The zero-order chi connectivity index (χ0) is 31.6. The Hall–Kier alpha value is -4.61. The number of hydrogen-bond acceptors (Lipinski definition) is 7. The van der Waals surface area contributed by atoms with Crippen molar-refractivity contribution in [1.82, 2.24) is 9.88 Å². The lowest BCUT2D eigenvalue weighted by atomic mass is 10.1. The number of oxazole rings is 1. The number of nitrogens with one attached hydrogen (secondary N) is 2. The number of anilines is 2. The molecular weight excluding hydrogens is 590 g/mol. The number of carbonyl (C=O) groups excluding carboxylic acids is 4. The van der Waals surface area contributed by atoms with Gasteiger partial charge in [-0.15, -0.1) is 11.3 Å². The van der Waals surface area contributed by atoms with Gasteiger partial charge < -0.3 is 14.6 Å². The number of imide groups is 1. The van der Waals surface area contributed by atoms with Gasteiger partial charge in [0.1, 0.15) is 6.04 Å². The molecule has 2 fully saturated rings. The molecule has 4 heterocycles. The SMILES string of the molecule is CC(=O)[N+]1(C(=O)Nc2ccc(-c3cnc(-c4ccc(NC(=O)C5CC(=O)N(CCc6cccs6)C5)cc4)o3)cc2)CCC[C@H]1C. The third-order valence-corrected chi connectivity index (χ3v) is 9.86. The minimum atomic E-state index is -0.380. The van der Waals surface area contributed by atoms with Crippen LogP contribution in [0.3, 0.4) is 0 Å². The van der Waals surface area contributed by atoms with Crippen LogP contribution in [-0.2, 0) is 20.8 Å². The third-order valence-electron chi connectivity index (χ3n) is 8.93. The maximum atomic E-state index is 13.1. The Morgan fingerprint density at radius 1 is 1.02 bits per heavy atom. The van der Waals surface area contributed by atoms with E-state index in [0.29, 0.717) is 42.7 Å². The zero-order valence-electron chi connectivity index (χ0n) is 25.3. The molecule has 45 heavy (non-hydrogen) atoms. The second-order valence-corrected chi connectivity index (χ2v) is 12.8. The summed E-state index contributed by atoms with van der Waals surface area (Å²) in [7, 11) is 0. The molecule has 0 saturated carbocycles. The number of quaternary nitrogens is 1. The van der Waals surface area contributed by atoms with Gasteiger partial charge in [-0.25, -0.2) is 14.6 Å². The average molecular weight is 627 g/mol. The van der Waals surface area contributed by atoms with E-state index in [2.05, 4.69) is 21.7 Å². The van der Waals surface area contributed by atoms with Crippen LogP contribution in [0.2, 0.25) is 0 Å². The number of nitrogens with zero attached hydrogens (tertiary/aromatic N) is 3. The number of likely N-dealkylation sites (tertiary alicyclic amines) is 2. The van der Waals surface area contributed by atoms with E-state index < -0.39 is 0 Å². The number of urea groups is 1. The maximum Gasteiger partial charge on any atom is 0.428 e. The molecule has 0 radical (unpaired) electrons. The molecule has 2 N–H and O–H groups in total. The number of carbonyl (C=O) groups is 4. The summed E-state index contributed by atoms with van der Waals surface area (Å²) in [5.74, 6) is 0.321. The second-order valence-electron chi connectivity index (χ2n) is 11.8. The number of hydrogen-bond donors (Lipinski definition) is 2. The number of thiophene rings is 1. The lowest BCUT2D eigenvalue weighted by Gasteiger charge is -2.31. The van der Waals surface area contributed by atoms with Crippen molar-refractivity contribution in [2.24, 2.45) is 5.92 Å². The molecule has 0 spiro atoms. The van der Waals surface area contributed by atoms with Crippen molar-refractivity contribution in [1.29, 1.82) is 0 Å². The Morgan fingerprint density at radius 3 is 2.38 bits per heavy atom. The summed E-state index contributed by atoms with van der Waals surface area (Å²) in [5.41, 5.74) is 2.77. The van der Waals surface area contributed by atoms with Gasteiger partial charge in [0, 0.05) is 59.7 Å². The fraction of sp³-hybridized carbons (Fsp3) is 0.324. The summed E-state index contributed by atoms with van der Waals surface area (Å²) in [6, 6.07) is 18.2. The first-order valence-electron chi connectivity index (χ1n) is 15.2. The molecule has 10 nitrogen and oxygen atoms in total. The largest absolute Gasteiger partial charge is 0.436 e. The predicted octanol–water partition coefficient (Wildman–Crippen LogP) is 6.18. The molecule has 2 aliphatic heterocycles. The van der Waals surface area contributed by atoms with E-state index in [1.54, 1.807) is 46.7 Å². The number of rotatable bonds is 8. The lowest BCUT2D eigenvalue weighted by Crippen LogP contribution is -2.59. The summed E-state index contributed by atoms with van der Waals surface area (Å²) in [4.78, 5) is 58.3. The van der Waals surface area contributed by atoms with Gasteiger partial charge in [0.2, 0.25) is 17.7 Å². The van der Waals surface area contributed by atoms with Crippen molar-refractivity contribution >= 4 is 46.5 Å². The van der Waals surface area contributed by atoms with Crippen LogP contribution in [0.5, 0.6) is 0 Å². The molecule has 0 aliphatic carbocycles. The van der Waals surface area contributed by atoms with Gasteiger partial charge in [0.15, 0.2) is 5.76 Å². The zero-order valence-corrected chi connectivity index (χ0v) is 26.1. The smallest absolute Gasteiger partial charge is 0.428 e. The Kier molecular flexibility index (Phi) is 8.64. The standard InChI is InChI=1S/C34H35N5O5S/c1-22-5-3-17-39(22,23(2)40)34(43)37-28-11-7-24(8-12-28)30-20-35-33(44-30)25-9-13-27(14-10-25)36-32(42)26-19-31(41)38(21-26)16-15-29-6-4-18-45-29/h4,6-14,18,20,22,26H,3,5,15-17,19,21H2,1-2H3,(H-,35,36,37,42,43)/p+1/t22-,26?,39?/m1/s1. The highest BCUT2D eigenvalue weighted by atomic mass is 32.1. The van der Waals surface area contributed by atoms with Crippen molar-refractivity contribution in [3.63, 3.8) is 0 Å². The summed E-state index contributed by atoms with van der Waals surface area (Å²) in [5, 5.41) is 7.87.